The molecule has 1 fully saturated rings. The maximum Gasteiger partial charge on any atom is 0.228 e. The molecule has 1 aliphatic rings. The lowest BCUT2D eigenvalue weighted by Crippen LogP contribution is -2.49. The smallest absolute Gasteiger partial charge is 0.228 e. The predicted molar refractivity (Wildman–Crippen MR) is 113 cm³/mol. The zero-order valence-electron chi connectivity index (χ0n) is 16.3. The maximum atomic E-state index is 12.7. The third-order valence-corrected chi connectivity index (χ3v) is 5.74. The summed E-state index contributed by atoms with van der Waals surface area (Å²) in [6.45, 7) is 5.51. The fourth-order valence-electron chi connectivity index (χ4n) is 3.29. The number of piperazine rings is 1. The van der Waals surface area contributed by atoms with Crippen molar-refractivity contribution in [3.05, 3.63) is 53.9 Å². The van der Waals surface area contributed by atoms with Gasteiger partial charge in [-0.3, -0.25) is 9.78 Å². The first-order valence-corrected chi connectivity index (χ1v) is 10.6. The zero-order chi connectivity index (χ0) is 20.1. The summed E-state index contributed by atoms with van der Waals surface area (Å²) >= 11 is 1.56. The monoisotopic (exact) mass is 409 g/mol. The minimum Gasteiger partial charge on any atom is -0.494 e. The molecular formula is C21H23N5O2S. The van der Waals surface area contributed by atoms with Gasteiger partial charge in [0.1, 0.15) is 16.6 Å². The Morgan fingerprint density at radius 1 is 1.14 bits per heavy atom. The van der Waals surface area contributed by atoms with Crippen LogP contribution in [0.3, 0.4) is 0 Å². The van der Waals surface area contributed by atoms with Crippen LogP contribution in [0.15, 0.2) is 48.2 Å². The number of carbonyl (C=O) groups excluding carboxylic acids is 1. The Hall–Kier alpha value is -3.00. The fraction of sp³-hybridized carbons (Fsp3) is 0.333. The number of anilines is 1. The molecule has 2 aromatic heterocycles. The van der Waals surface area contributed by atoms with Gasteiger partial charge in [-0.15, -0.1) is 11.3 Å². The Kier molecular flexibility index (Phi) is 6.00. The average molecular weight is 410 g/mol. The van der Waals surface area contributed by atoms with Gasteiger partial charge in [-0.2, -0.15) is 0 Å². The van der Waals surface area contributed by atoms with Crippen LogP contribution < -0.4 is 9.64 Å². The van der Waals surface area contributed by atoms with Crippen molar-refractivity contribution in [3.63, 3.8) is 0 Å². The van der Waals surface area contributed by atoms with Crippen LogP contribution in [0.5, 0.6) is 5.75 Å². The molecule has 8 heteroatoms. The molecule has 0 saturated carbocycles. The van der Waals surface area contributed by atoms with Gasteiger partial charge in [-0.25, -0.2) is 9.97 Å². The number of hydrogen-bond donors (Lipinski definition) is 0. The minimum atomic E-state index is 0.118. The van der Waals surface area contributed by atoms with Crippen molar-refractivity contribution in [1.82, 2.24) is 19.9 Å². The van der Waals surface area contributed by atoms with E-state index < -0.39 is 0 Å². The van der Waals surface area contributed by atoms with Crippen LogP contribution in [-0.4, -0.2) is 58.5 Å². The second kappa shape index (κ2) is 9.00. The molecule has 0 aliphatic carbocycles. The lowest BCUT2D eigenvalue weighted by molar-refractivity contribution is -0.130. The summed E-state index contributed by atoms with van der Waals surface area (Å²) in [5, 5.41) is 2.89. The summed E-state index contributed by atoms with van der Waals surface area (Å²) in [6.07, 6.45) is 5.45. The van der Waals surface area contributed by atoms with Crippen LogP contribution in [0.1, 0.15) is 12.6 Å². The summed E-state index contributed by atoms with van der Waals surface area (Å²) < 4.78 is 5.48. The topological polar surface area (TPSA) is 71.5 Å². The first kappa shape index (κ1) is 19.3. The SMILES string of the molecule is CCOc1ccc(-c2nc(CC(=O)N3CCN(c4cnccn4)CC3)cs2)cc1. The number of aromatic nitrogens is 3. The molecule has 7 nitrogen and oxygen atoms in total. The van der Waals surface area contributed by atoms with E-state index in [1.54, 1.807) is 29.9 Å². The van der Waals surface area contributed by atoms with Gasteiger partial charge >= 0.3 is 0 Å². The van der Waals surface area contributed by atoms with Gasteiger partial charge < -0.3 is 14.5 Å². The third-order valence-electron chi connectivity index (χ3n) is 4.80. The van der Waals surface area contributed by atoms with Crippen molar-refractivity contribution in [3.8, 4) is 16.3 Å². The average Bonchev–Trinajstić information content (AvgIpc) is 3.24. The standard InChI is InChI=1S/C21H23N5O2S/c1-2-28-18-5-3-16(4-6-18)21-24-17(15-29-21)13-20(27)26-11-9-25(10-12-26)19-14-22-7-8-23-19/h3-8,14-15H,2,9-13H2,1H3. The predicted octanol–water partition coefficient (Wildman–Crippen LogP) is 2.89. The second-order valence-electron chi connectivity index (χ2n) is 6.71. The highest BCUT2D eigenvalue weighted by Crippen LogP contribution is 2.26. The highest BCUT2D eigenvalue weighted by molar-refractivity contribution is 7.13. The molecule has 0 radical (unpaired) electrons. The van der Waals surface area contributed by atoms with Crippen LogP contribution in [0, 0.1) is 0 Å². The number of carbonyl (C=O) groups is 1. The van der Waals surface area contributed by atoms with Gasteiger partial charge in [0, 0.05) is 49.5 Å². The molecule has 0 bridgehead atoms. The molecule has 4 rings (SSSR count). The van der Waals surface area contributed by atoms with Gasteiger partial charge in [-0.1, -0.05) is 0 Å². The van der Waals surface area contributed by atoms with Crippen molar-refractivity contribution in [2.75, 3.05) is 37.7 Å². The van der Waals surface area contributed by atoms with Crippen molar-refractivity contribution >= 4 is 23.1 Å². The maximum absolute atomic E-state index is 12.7. The second-order valence-corrected chi connectivity index (χ2v) is 7.57. The molecule has 29 heavy (non-hydrogen) atoms. The highest BCUT2D eigenvalue weighted by Gasteiger charge is 2.22. The molecular weight excluding hydrogens is 386 g/mol. The van der Waals surface area contributed by atoms with Crippen molar-refractivity contribution in [1.29, 1.82) is 0 Å². The lowest BCUT2D eigenvalue weighted by atomic mass is 10.2. The number of rotatable bonds is 6. The Labute approximate surface area is 174 Å². The molecule has 1 saturated heterocycles. The first-order valence-electron chi connectivity index (χ1n) is 9.69. The molecule has 150 valence electrons. The molecule has 0 atom stereocenters. The van der Waals surface area contributed by atoms with Crippen molar-refractivity contribution < 1.29 is 9.53 Å². The van der Waals surface area contributed by atoms with Crippen LogP contribution in [-0.2, 0) is 11.2 Å². The van der Waals surface area contributed by atoms with E-state index in [9.17, 15) is 4.79 Å². The summed E-state index contributed by atoms with van der Waals surface area (Å²) in [4.78, 5) is 29.9. The summed E-state index contributed by atoms with van der Waals surface area (Å²) in [5.74, 6) is 1.83. The third kappa shape index (κ3) is 4.71. The van der Waals surface area contributed by atoms with Crippen molar-refractivity contribution in [2.24, 2.45) is 0 Å². The number of amides is 1. The normalized spacial score (nSPS) is 14.1. The van der Waals surface area contributed by atoms with Crippen LogP contribution in [0.2, 0.25) is 0 Å². The quantitative estimate of drug-likeness (QED) is 0.623. The molecule has 1 aliphatic heterocycles. The number of nitrogens with zero attached hydrogens (tertiary/aromatic N) is 5. The van der Waals surface area contributed by atoms with E-state index in [0.717, 1.165) is 40.9 Å². The van der Waals surface area contributed by atoms with Crippen LogP contribution in [0.25, 0.3) is 10.6 Å². The Bertz CT molecular complexity index is 937. The minimum absolute atomic E-state index is 0.118. The van der Waals surface area contributed by atoms with Crippen molar-refractivity contribution in [2.45, 2.75) is 13.3 Å². The van der Waals surface area contributed by atoms with E-state index in [2.05, 4.69) is 19.9 Å². The molecule has 0 unspecified atom stereocenters. The van der Waals surface area contributed by atoms with Gasteiger partial charge in [0.15, 0.2) is 0 Å². The zero-order valence-corrected chi connectivity index (χ0v) is 17.1. The van der Waals surface area contributed by atoms with E-state index >= 15 is 0 Å². The van der Waals surface area contributed by atoms with Gasteiger partial charge in [-0.05, 0) is 31.2 Å². The lowest BCUT2D eigenvalue weighted by Gasteiger charge is -2.35. The van der Waals surface area contributed by atoms with E-state index in [0.29, 0.717) is 26.1 Å². The molecule has 3 heterocycles. The molecule has 0 N–H and O–H groups in total. The highest BCUT2D eigenvalue weighted by atomic mass is 32.1. The fourth-order valence-corrected chi connectivity index (χ4v) is 4.11. The molecule has 1 aromatic carbocycles. The van der Waals surface area contributed by atoms with E-state index in [1.165, 1.54) is 0 Å². The number of thiazole rings is 1. The van der Waals surface area contributed by atoms with Crippen LogP contribution >= 0.6 is 11.3 Å². The Morgan fingerprint density at radius 3 is 2.62 bits per heavy atom. The number of hydrogen-bond acceptors (Lipinski definition) is 7. The van der Waals surface area contributed by atoms with Gasteiger partial charge in [0.05, 0.1) is 24.9 Å². The van der Waals surface area contributed by atoms with E-state index in [1.807, 2.05) is 41.5 Å². The Morgan fingerprint density at radius 2 is 1.93 bits per heavy atom. The number of ether oxygens (including phenoxy) is 1. The van der Waals surface area contributed by atoms with E-state index in [-0.39, 0.29) is 5.91 Å². The summed E-state index contributed by atoms with van der Waals surface area (Å²) in [5.41, 5.74) is 1.86. The van der Waals surface area contributed by atoms with Crippen LogP contribution in [0.4, 0.5) is 5.82 Å². The molecule has 0 spiro atoms. The van der Waals surface area contributed by atoms with Gasteiger partial charge in [0.2, 0.25) is 5.91 Å². The number of benzene rings is 1. The summed E-state index contributed by atoms with van der Waals surface area (Å²) in [7, 11) is 0. The first-order chi connectivity index (χ1) is 14.2. The Balaban J connectivity index is 1.32. The van der Waals surface area contributed by atoms with Gasteiger partial charge in [0.25, 0.3) is 0 Å². The molecule has 3 aromatic rings. The molecule has 1 amide bonds. The summed E-state index contributed by atoms with van der Waals surface area (Å²) in [6, 6.07) is 7.89. The van der Waals surface area contributed by atoms with E-state index in [4.69, 9.17) is 4.74 Å². The largest absolute Gasteiger partial charge is 0.494 e.